The van der Waals surface area contributed by atoms with Crippen LogP contribution >= 0.6 is 0 Å². The minimum absolute atomic E-state index is 0.146. The fourth-order valence-corrected chi connectivity index (χ4v) is 4.33. The lowest BCUT2D eigenvalue weighted by Crippen LogP contribution is -2.24. The molecular formula is C26H27N5O4. The van der Waals surface area contributed by atoms with Gasteiger partial charge < -0.3 is 14.2 Å². The van der Waals surface area contributed by atoms with Crippen LogP contribution in [0.15, 0.2) is 47.3 Å². The summed E-state index contributed by atoms with van der Waals surface area (Å²) >= 11 is 0. The zero-order chi connectivity index (χ0) is 24.5. The Balaban J connectivity index is 1.85. The number of rotatable bonds is 8. The summed E-state index contributed by atoms with van der Waals surface area (Å²) in [6.45, 7) is 5.53. The number of para-hydroxylation sites is 2. The number of methoxy groups -OCH3 is 2. The molecule has 0 atom stereocenters. The van der Waals surface area contributed by atoms with E-state index in [0.29, 0.717) is 76.9 Å². The summed E-state index contributed by atoms with van der Waals surface area (Å²) in [5.41, 5.74) is 3.56. The van der Waals surface area contributed by atoms with Crippen molar-refractivity contribution in [3.05, 3.63) is 58.6 Å². The van der Waals surface area contributed by atoms with E-state index >= 15 is 0 Å². The molecule has 0 radical (unpaired) electrons. The Morgan fingerprint density at radius 2 is 1.60 bits per heavy atom. The Labute approximate surface area is 201 Å². The molecule has 0 aliphatic heterocycles. The number of hydrogen-bond acceptors (Lipinski definition) is 7. The van der Waals surface area contributed by atoms with E-state index in [1.807, 2.05) is 54.8 Å². The molecule has 0 unspecified atom stereocenters. The van der Waals surface area contributed by atoms with Crippen molar-refractivity contribution in [1.82, 2.24) is 24.1 Å². The molecular weight excluding hydrogens is 446 g/mol. The first-order valence-electron chi connectivity index (χ1n) is 11.5. The van der Waals surface area contributed by atoms with Crippen LogP contribution < -0.4 is 15.0 Å². The molecule has 0 amide bonds. The van der Waals surface area contributed by atoms with E-state index in [4.69, 9.17) is 29.2 Å². The first kappa shape index (κ1) is 22.8. The van der Waals surface area contributed by atoms with E-state index < -0.39 is 0 Å². The van der Waals surface area contributed by atoms with Crippen molar-refractivity contribution in [2.24, 2.45) is 0 Å². The SMILES string of the molecule is CCOCCCn1c(C)nc2c(c1=O)c1nc3ccccc3nc1n2-c1cc(OC)cc(OC)c1. The topological polar surface area (TPSA) is 93.3 Å². The van der Waals surface area contributed by atoms with Crippen molar-refractivity contribution in [1.29, 1.82) is 0 Å². The van der Waals surface area contributed by atoms with Crippen LogP contribution in [0.1, 0.15) is 19.2 Å². The highest BCUT2D eigenvalue weighted by Crippen LogP contribution is 2.32. The molecule has 0 fully saturated rings. The summed E-state index contributed by atoms with van der Waals surface area (Å²) in [5.74, 6) is 1.84. The maximum absolute atomic E-state index is 13.8. The van der Waals surface area contributed by atoms with Crippen molar-refractivity contribution >= 4 is 33.2 Å². The number of hydrogen-bond donors (Lipinski definition) is 0. The summed E-state index contributed by atoms with van der Waals surface area (Å²) in [4.78, 5) is 28.4. The lowest BCUT2D eigenvalue weighted by atomic mass is 10.2. The van der Waals surface area contributed by atoms with Gasteiger partial charge in [-0.2, -0.15) is 0 Å². The van der Waals surface area contributed by atoms with E-state index in [9.17, 15) is 4.79 Å². The molecule has 2 aromatic carbocycles. The molecule has 35 heavy (non-hydrogen) atoms. The van der Waals surface area contributed by atoms with Crippen LogP contribution in [0.2, 0.25) is 0 Å². The number of benzene rings is 2. The maximum atomic E-state index is 13.8. The van der Waals surface area contributed by atoms with Crippen LogP contribution in [-0.2, 0) is 11.3 Å². The van der Waals surface area contributed by atoms with Gasteiger partial charge in [0.05, 0.1) is 30.9 Å². The molecule has 0 N–H and O–H groups in total. The third kappa shape index (κ3) is 3.97. The van der Waals surface area contributed by atoms with Crippen LogP contribution in [0.5, 0.6) is 11.5 Å². The van der Waals surface area contributed by atoms with Crippen LogP contribution in [0, 0.1) is 6.92 Å². The number of aryl methyl sites for hydroxylation is 1. The summed E-state index contributed by atoms with van der Waals surface area (Å²) in [5, 5.41) is 0.432. The normalized spacial score (nSPS) is 11.5. The molecule has 3 heterocycles. The predicted molar refractivity (Wildman–Crippen MR) is 135 cm³/mol. The highest BCUT2D eigenvalue weighted by molar-refractivity contribution is 6.05. The van der Waals surface area contributed by atoms with E-state index in [2.05, 4.69) is 0 Å². The smallest absolute Gasteiger partial charge is 0.265 e. The van der Waals surface area contributed by atoms with Gasteiger partial charge in [-0.05, 0) is 32.4 Å². The Morgan fingerprint density at radius 3 is 2.26 bits per heavy atom. The standard InChI is InChI=1S/C26H27N5O4/c1-5-35-12-8-11-30-16(2)27-24-22(26(30)32)23-25(29-21-10-7-6-9-20(21)28-23)31(24)17-13-18(33-3)15-19(14-17)34-4/h6-7,9-10,13-15H,5,8,11-12H2,1-4H3. The quantitative estimate of drug-likeness (QED) is 0.314. The van der Waals surface area contributed by atoms with Crippen LogP contribution in [0.25, 0.3) is 38.9 Å². The molecule has 0 aliphatic carbocycles. The van der Waals surface area contributed by atoms with E-state index in [1.54, 1.807) is 24.9 Å². The van der Waals surface area contributed by atoms with Gasteiger partial charge in [-0.15, -0.1) is 0 Å². The second kappa shape index (κ2) is 9.34. The Bertz CT molecular complexity index is 1580. The second-order valence-electron chi connectivity index (χ2n) is 8.16. The minimum atomic E-state index is -0.146. The van der Waals surface area contributed by atoms with E-state index in [-0.39, 0.29) is 5.56 Å². The third-order valence-corrected chi connectivity index (χ3v) is 6.02. The lowest BCUT2D eigenvalue weighted by Gasteiger charge is -2.12. The van der Waals surface area contributed by atoms with Crippen LogP contribution in [-0.4, -0.2) is 51.5 Å². The summed E-state index contributed by atoms with van der Waals surface area (Å²) < 4.78 is 20.0. The molecule has 0 aliphatic rings. The fourth-order valence-electron chi connectivity index (χ4n) is 4.33. The van der Waals surface area contributed by atoms with Crippen LogP contribution in [0.4, 0.5) is 0 Å². The Morgan fingerprint density at radius 1 is 0.914 bits per heavy atom. The van der Waals surface area contributed by atoms with Crippen molar-refractivity contribution in [2.75, 3.05) is 27.4 Å². The average Bonchev–Trinajstić information content (AvgIpc) is 3.19. The predicted octanol–water partition coefficient (Wildman–Crippen LogP) is 4.04. The average molecular weight is 474 g/mol. The molecule has 0 saturated heterocycles. The zero-order valence-corrected chi connectivity index (χ0v) is 20.2. The summed E-state index contributed by atoms with van der Waals surface area (Å²) in [7, 11) is 3.20. The monoisotopic (exact) mass is 473 g/mol. The number of fused-ring (bicyclic) bond motifs is 4. The summed E-state index contributed by atoms with van der Waals surface area (Å²) in [6.07, 6.45) is 0.710. The van der Waals surface area contributed by atoms with Crippen molar-refractivity contribution in [3.8, 4) is 17.2 Å². The lowest BCUT2D eigenvalue weighted by molar-refractivity contribution is 0.141. The minimum Gasteiger partial charge on any atom is -0.497 e. The second-order valence-corrected chi connectivity index (χ2v) is 8.16. The number of nitrogens with zero attached hydrogens (tertiary/aromatic N) is 5. The highest BCUT2D eigenvalue weighted by atomic mass is 16.5. The van der Waals surface area contributed by atoms with Gasteiger partial charge in [-0.3, -0.25) is 13.9 Å². The van der Waals surface area contributed by atoms with Crippen molar-refractivity contribution in [2.45, 2.75) is 26.8 Å². The molecule has 180 valence electrons. The first-order valence-corrected chi connectivity index (χ1v) is 11.5. The molecule has 9 heteroatoms. The van der Waals surface area contributed by atoms with Gasteiger partial charge in [0.25, 0.3) is 5.56 Å². The molecule has 0 spiro atoms. The maximum Gasteiger partial charge on any atom is 0.265 e. The molecule has 0 bridgehead atoms. The molecule has 9 nitrogen and oxygen atoms in total. The van der Waals surface area contributed by atoms with Gasteiger partial charge >= 0.3 is 0 Å². The Kier molecular flexibility index (Phi) is 6.08. The highest BCUT2D eigenvalue weighted by Gasteiger charge is 2.23. The Hall–Kier alpha value is -3.98. The van der Waals surface area contributed by atoms with Crippen molar-refractivity contribution < 1.29 is 14.2 Å². The van der Waals surface area contributed by atoms with Crippen LogP contribution in [0.3, 0.4) is 0 Å². The summed E-state index contributed by atoms with van der Waals surface area (Å²) in [6, 6.07) is 13.1. The van der Waals surface area contributed by atoms with Gasteiger partial charge in [0.1, 0.15) is 28.2 Å². The van der Waals surface area contributed by atoms with Gasteiger partial charge in [-0.1, -0.05) is 12.1 Å². The van der Waals surface area contributed by atoms with E-state index in [0.717, 1.165) is 5.52 Å². The van der Waals surface area contributed by atoms with Crippen molar-refractivity contribution in [3.63, 3.8) is 0 Å². The zero-order valence-electron chi connectivity index (χ0n) is 20.2. The largest absolute Gasteiger partial charge is 0.497 e. The third-order valence-electron chi connectivity index (χ3n) is 6.02. The fraction of sp³-hybridized carbons (Fsp3) is 0.308. The van der Waals surface area contributed by atoms with E-state index in [1.165, 1.54) is 0 Å². The van der Waals surface area contributed by atoms with Gasteiger partial charge in [0.2, 0.25) is 0 Å². The van der Waals surface area contributed by atoms with Gasteiger partial charge in [0, 0.05) is 38.0 Å². The first-order chi connectivity index (χ1) is 17.0. The number of ether oxygens (including phenoxy) is 3. The molecule has 0 saturated carbocycles. The van der Waals surface area contributed by atoms with Gasteiger partial charge in [0.15, 0.2) is 11.3 Å². The molecule has 5 aromatic rings. The molecule has 3 aromatic heterocycles. The van der Waals surface area contributed by atoms with Gasteiger partial charge in [-0.25, -0.2) is 15.0 Å². The molecule has 5 rings (SSSR count). The number of aromatic nitrogens is 5.